The molecule has 1 aliphatic rings. The number of aromatic nitrogens is 1. The highest BCUT2D eigenvalue weighted by atomic mass is 16.5. The Bertz CT molecular complexity index is 854. The third kappa shape index (κ3) is 2.19. The van der Waals surface area contributed by atoms with Gasteiger partial charge in [-0.25, -0.2) is 0 Å². The Morgan fingerprint density at radius 1 is 1.09 bits per heavy atom. The first-order valence-electron chi connectivity index (χ1n) is 7.74. The fraction of sp³-hybridized carbons (Fsp3) is 0.158. The Balaban J connectivity index is 1.91. The molecule has 1 atom stereocenters. The van der Waals surface area contributed by atoms with E-state index in [0.29, 0.717) is 5.75 Å². The van der Waals surface area contributed by atoms with E-state index < -0.39 is 0 Å². The number of hydrogen-bond donors (Lipinski definition) is 2. The number of hydrogen-bond acceptors (Lipinski definition) is 2. The number of ether oxygens (including phenoxy) is 1. The van der Waals surface area contributed by atoms with Gasteiger partial charge in [-0.1, -0.05) is 24.3 Å². The number of rotatable bonds is 2. The summed E-state index contributed by atoms with van der Waals surface area (Å²) in [5.41, 5.74) is 4.43. The first-order chi connectivity index (χ1) is 11.3. The lowest BCUT2D eigenvalue weighted by atomic mass is 10.0. The molecule has 2 aromatic carbocycles. The predicted molar refractivity (Wildman–Crippen MR) is 87.9 cm³/mol. The molecule has 0 bridgehead atoms. The van der Waals surface area contributed by atoms with Crippen LogP contribution in [-0.4, -0.2) is 16.8 Å². The van der Waals surface area contributed by atoms with E-state index in [4.69, 9.17) is 4.74 Å². The number of para-hydroxylation sites is 1. The molecule has 23 heavy (non-hydrogen) atoms. The van der Waals surface area contributed by atoms with E-state index in [2.05, 4.69) is 46.4 Å². The van der Waals surface area contributed by atoms with Crippen LogP contribution in [0.25, 0.3) is 5.69 Å². The summed E-state index contributed by atoms with van der Waals surface area (Å²) in [7, 11) is 1.64. The number of quaternary nitrogens is 1. The van der Waals surface area contributed by atoms with Crippen LogP contribution >= 0.6 is 0 Å². The number of nitrogens with zero attached hydrogens (tertiary/aromatic N) is 1. The van der Waals surface area contributed by atoms with Crippen LogP contribution in [0.4, 0.5) is 0 Å². The van der Waals surface area contributed by atoms with E-state index in [0.717, 1.165) is 17.8 Å². The molecule has 4 heteroatoms. The first-order valence-corrected chi connectivity index (χ1v) is 7.74. The van der Waals surface area contributed by atoms with Crippen LogP contribution < -0.4 is 10.1 Å². The van der Waals surface area contributed by atoms with Gasteiger partial charge in [-0.2, -0.15) is 0 Å². The van der Waals surface area contributed by atoms with Crippen LogP contribution in [0.15, 0.2) is 60.8 Å². The second-order valence-corrected chi connectivity index (χ2v) is 5.74. The Labute approximate surface area is 135 Å². The topological polar surface area (TPSA) is 51.0 Å². The second kappa shape index (κ2) is 5.48. The summed E-state index contributed by atoms with van der Waals surface area (Å²) in [6.07, 6.45) is 2.08. The van der Waals surface area contributed by atoms with Gasteiger partial charge in [0.15, 0.2) is 6.04 Å². The van der Waals surface area contributed by atoms with Gasteiger partial charge in [0, 0.05) is 11.8 Å². The third-order valence-electron chi connectivity index (χ3n) is 4.50. The molecule has 0 radical (unpaired) electrons. The Kier molecular flexibility index (Phi) is 3.32. The van der Waals surface area contributed by atoms with E-state index in [-0.39, 0.29) is 11.8 Å². The summed E-state index contributed by atoms with van der Waals surface area (Å²) >= 11 is 0. The molecule has 0 fully saturated rings. The number of methoxy groups -OCH3 is 1. The first kappa shape index (κ1) is 13.9. The lowest BCUT2D eigenvalue weighted by Gasteiger charge is -2.18. The molecule has 0 amide bonds. The molecule has 3 N–H and O–H groups in total. The molecule has 1 aromatic heterocycles. The van der Waals surface area contributed by atoms with Crippen molar-refractivity contribution >= 4 is 0 Å². The maximum absolute atomic E-state index is 10.4. The van der Waals surface area contributed by atoms with Gasteiger partial charge in [0.25, 0.3) is 0 Å². The zero-order valence-corrected chi connectivity index (χ0v) is 12.9. The average Bonchev–Trinajstić information content (AvgIpc) is 3.00. The van der Waals surface area contributed by atoms with Gasteiger partial charge in [0.1, 0.15) is 18.0 Å². The van der Waals surface area contributed by atoms with Crippen LogP contribution in [0.2, 0.25) is 0 Å². The molecule has 4 nitrogen and oxygen atoms in total. The number of aromatic hydroxyl groups is 1. The van der Waals surface area contributed by atoms with Crippen LogP contribution in [0, 0.1) is 0 Å². The number of benzene rings is 2. The minimum absolute atomic E-state index is 0.0199. The molecule has 2 heterocycles. The zero-order chi connectivity index (χ0) is 15.8. The van der Waals surface area contributed by atoms with Crippen molar-refractivity contribution in [2.45, 2.75) is 12.6 Å². The lowest BCUT2D eigenvalue weighted by Crippen LogP contribution is -2.83. The van der Waals surface area contributed by atoms with Crippen molar-refractivity contribution in [1.82, 2.24) is 4.57 Å². The fourth-order valence-corrected chi connectivity index (χ4v) is 3.44. The van der Waals surface area contributed by atoms with E-state index >= 15 is 0 Å². The van der Waals surface area contributed by atoms with Gasteiger partial charge in [-0.05, 0) is 30.3 Å². The molecular weight excluding hydrogens is 288 g/mol. The van der Waals surface area contributed by atoms with Crippen molar-refractivity contribution in [1.29, 1.82) is 0 Å². The molecule has 0 saturated carbocycles. The quantitative estimate of drug-likeness (QED) is 0.763. The summed E-state index contributed by atoms with van der Waals surface area (Å²) in [5, 5.41) is 12.7. The van der Waals surface area contributed by atoms with Gasteiger partial charge in [-0.3, -0.25) is 0 Å². The van der Waals surface area contributed by atoms with Crippen LogP contribution in [-0.2, 0) is 6.54 Å². The van der Waals surface area contributed by atoms with E-state index in [1.807, 2.05) is 18.2 Å². The fourth-order valence-electron chi connectivity index (χ4n) is 3.44. The highest BCUT2D eigenvalue weighted by molar-refractivity contribution is 5.51. The van der Waals surface area contributed by atoms with Crippen molar-refractivity contribution < 1.29 is 15.2 Å². The summed E-state index contributed by atoms with van der Waals surface area (Å²) in [6.45, 7) is 0.847. The highest BCUT2D eigenvalue weighted by Gasteiger charge is 2.30. The van der Waals surface area contributed by atoms with E-state index in [9.17, 15) is 5.11 Å². The number of phenolic OH excluding ortho intramolecular Hbond substituents is 1. The molecule has 4 rings (SSSR count). The van der Waals surface area contributed by atoms with E-state index in [1.54, 1.807) is 13.2 Å². The number of nitrogens with two attached hydrogens (primary N) is 1. The number of phenols is 1. The Morgan fingerprint density at radius 3 is 2.83 bits per heavy atom. The Morgan fingerprint density at radius 2 is 1.96 bits per heavy atom. The molecule has 3 aromatic rings. The molecule has 0 aliphatic carbocycles. The van der Waals surface area contributed by atoms with Crippen LogP contribution in [0.1, 0.15) is 22.9 Å². The average molecular weight is 307 g/mol. The zero-order valence-electron chi connectivity index (χ0n) is 12.9. The minimum atomic E-state index is -0.0199. The summed E-state index contributed by atoms with van der Waals surface area (Å²) in [6, 6.07) is 18.0. The van der Waals surface area contributed by atoms with Gasteiger partial charge in [0.2, 0.25) is 0 Å². The molecule has 0 saturated heterocycles. The second-order valence-electron chi connectivity index (χ2n) is 5.74. The van der Waals surface area contributed by atoms with Gasteiger partial charge in [0.05, 0.1) is 24.1 Å². The number of fused-ring (bicyclic) bond motifs is 3. The van der Waals surface area contributed by atoms with Crippen LogP contribution in [0.3, 0.4) is 0 Å². The molecule has 1 aliphatic heterocycles. The predicted octanol–water partition coefficient (Wildman–Crippen LogP) is 2.36. The standard InChI is InChI=1S/C19H18N2O2/c1-23-17-10-4-9-16(22)18(17)19-15-8-5-11-21(15)14-7-3-2-6-13(14)12-20-19/h2-11,19-20,22H,12H2,1H3/p+1. The summed E-state index contributed by atoms with van der Waals surface area (Å²) < 4.78 is 7.70. The van der Waals surface area contributed by atoms with Gasteiger partial charge in [-0.15, -0.1) is 0 Å². The van der Waals surface area contributed by atoms with E-state index in [1.165, 1.54) is 11.3 Å². The van der Waals surface area contributed by atoms with Crippen molar-refractivity contribution in [2.24, 2.45) is 0 Å². The van der Waals surface area contributed by atoms with Crippen molar-refractivity contribution in [2.75, 3.05) is 7.11 Å². The third-order valence-corrected chi connectivity index (χ3v) is 4.50. The molecule has 0 spiro atoms. The minimum Gasteiger partial charge on any atom is -0.507 e. The monoisotopic (exact) mass is 307 g/mol. The molecule has 116 valence electrons. The largest absolute Gasteiger partial charge is 0.507 e. The summed E-state index contributed by atoms with van der Waals surface area (Å²) in [5.74, 6) is 0.981. The normalized spacial score (nSPS) is 16.3. The van der Waals surface area contributed by atoms with Crippen molar-refractivity contribution in [3.8, 4) is 17.2 Å². The van der Waals surface area contributed by atoms with Crippen molar-refractivity contribution in [3.63, 3.8) is 0 Å². The molecule has 1 unspecified atom stereocenters. The van der Waals surface area contributed by atoms with Gasteiger partial charge < -0.3 is 19.7 Å². The summed E-state index contributed by atoms with van der Waals surface area (Å²) in [4.78, 5) is 0. The van der Waals surface area contributed by atoms with Crippen molar-refractivity contribution in [3.05, 3.63) is 77.6 Å². The maximum atomic E-state index is 10.4. The highest BCUT2D eigenvalue weighted by Crippen LogP contribution is 2.36. The lowest BCUT2D eigenvalue weighted by molar-refractivity contribution is -0.702. The van der Waals surface area contributed by atoms with Gasteiger partial charge >= 0.3 is 0 Å². The SMILES string of the molecule is COc1cccc(O)c1C1[NH2+]Cc2ccccc2-n2cccc21. The maximum Gasteiger partial charge on any atom is 0.160 e. The van der Waals surface area contributed by atoms with Crippen LogP contribution in [0.5, 0.6) is 11.5 Å². The molecular formula is C19H19N2O2+. The smallest absolute Gasteiger partial charge is 0.160 e. The Hall–Kier alpha value is -2.72.